The Kier molecular flexibility index (Phi) is 3.59. The first-order valence-corrected chi connectivity index (χ1v) is 6.38. The summed E-state index contributed by atoms with van der Waals surface area (Å²) in [5, 5.41) is 0. The van der Waals surface area contributed by atoms with Crippen LogP contribution in [0.2, 0.25) is 0 Å². The summed E-state index contributed by atoms with van der Waals surface area (Å²) in [7, 11) is 0. The minimum Gasteiger partial charge on any atom is -0.444 e. The van der Waals surface area contributed by atoms with Gasteiger partial charge in [-0.15, -0.1) is 0 Å². The van der Waals surface area contributed by atoms with Crippen LogP contribution in [-0.4, -0.2) is 25.0 Å². The molecule has 16 heavy (non-hydrogen) atoms. The lowest BCUT2D eigenvalue weighted by atomic mass is 9.90. The Hall–Kier alpha value is -0.485. The van der Waals surface area contributed by atoms with E-state index in [-0.39, 0.29) is 0 Å². The molecule has 1 aromatic rings. The Morgan fingerprint density at radius 1 is 1.12 bits per heavy atom. The Morgan fingerprint density at radius 2 is 1.81 bits per heavy atom. The van der Waals surface area contributed by atoms with E-state index in [1.165, 1.54) is 25.3 Å². The molecule has 1 aromatic heterocycles. The highest BCUT2D eigenvalue weighted by atomic mass is 32.1. The van der Waals surface area contributed by atoms with Crippen molar-refractivity contribution in [1.82, 2.24) is 4.90 Å². The van der Waals surface area contributed by atoms with Gasteiger partial charge in [0.05, 0.1) is 0 Å². The molecular weight excluding hydrogens is 234 g/mol. The molecule has 6 heteroatoms. The fraction of sp³-hybridized carbons (Fsp3) is 0.600. The third-order valence-corrected chi connectivity index (χ3v) is 4.00. The maximum absolute atomic E-state index is 12.4. The molecule has 1 saturated heterocycles. The molecule has 1 aliphatic heterocycles. The van der Waals surface area contributed by atoms with Crippen molar-refractivity contribution in [2.45, 2.75) is 25.8 Å². The van der Waals surface area contributed by atoms with Crippen LogP contribution in [0.5, 0.6) is 0 Å². The molecule has 0 amide bonds. The SMILES string of the molecule is F[B-](F)(F)c1ccc(CN2CCCCC2)s1. The summed E-state index contributed by atoms with van der Waals surface area (Å²) in [6.45, 7) is -2.10. The smallest absolute Gasteiger partial charge is 0.444 e. The average molecular weight is 248 g/mol. The molecule has 1 nitrogen and oxygen atoms in total. The molecule has 0 saturated carbocycles. The molecule has 0 radical (unpaired) electrons. The standard InChI is InChI=1S/C10H14BF3NS/c12-11(13,14)10-5-4-9(16-10)8-15-6-2-1-3-7-15/h4-5H,1-3,6-8H2/q-1. The zero-order valence-electron chi connectivity index (χ0n) is 8.96. The molecule has 2 rings (SSSR count). The van der Waals surface area contributed by atoms with Crippen molar-refractivity contribution >= 4 is 23.1 Å². The number of hydrogen-bond donors (Lipinski definition) is 0. The Labute approximate surface area is 97.3 Å². The van der Waals surface area contributed by atoms with Crippen molar-refractivity contribution in [3.8, 4) is 0 Å². The molecule has 0 spiro atoms. The molecule has 0 bridgehead atoms. The number of piperidine rings is 1. The van der Waals surface area contributed by atoms with Gasteiger partial charge >= 0.3 is 6.98 Å². The number of nitrogens with zero attached hydrogens (tertiary/aromatic N) is 1. The molecule has 0 aromatic carbocycles. The van der Waals surface area contributed by atoms with Gasteiger partial charge < -0.3 is 12.9 Å². The molecular formula is C10H14BF3NS-. The average Bonchev–Trinajstić information content (AvgIpc) is 2.67. The van der Waals surface area contributed by atoms with Crippen LogP contribution in [0.15, 0.2) is 12.1 Å². The molecule has 2 heterocycles. The molecule has 0 aliphatic carbocycles. The third-order valence-electron chi connectivity index (χ3n) is 2.83. The van der Waals surface area contributed by atoms with E-state index in [0.29, 0.717) is 6.54 Å². The first-order chi connectivity index (χ1) is 7.55. The Balaban J connectivity index is 1.97. The van der Waals surface area contributed by atoms with Crippen molar-refractivity contribution in [2.24, 2.45) is 0 Å². The van der Waals surface area contributed by atoms with E-state index >= 15 is 0 Å². The fourth-order valence-electron chi connectivity index (χ4n) is 1.99. The summed E-state index contributed by atoms with van der Waals surface area (Å²) in [4.78, 5) is 3.07. The van der Waals surface area contributed by atoms with Crippen LogP contribution in [0.25, 0.3) is 0 Å². The quantitative estimate of drug-likeness (QED) is 0.743. The Bertz CT molecular complexity index is 344. The van der Waals surface area contributed by atoms with Gasteiger partial charge in [0.2, 0.25) is 0 Å². The van der Waals surface area contributed by atoms with Gasteiger partial charge in [-0.1, -0.05) is 17.3 Å². The first kappa shape index (κ1) is 12.0. The normalized spacial score (nSPS) is 18.9. The second kappa shape index (κ2) is 4.79. The number of rotatable bonds is 3. The van der Waals surface area contributed by atoms with E-state index < -0.39 is 11.8 Å². The summed E-state index contributed by atoms with van der Waals surface area (Å²) in [5.74, 6) is 0. The Morgan fingerprint density at radius 3 is 2.38 bits per heavy atom. The van der Waals surface area contributed by atoms with E-state index in [2.05, 4.69) is 4.90 Å². The van der Waals surface area contributed by atoms with Gasteiger partial charge in [-0.3, -0.25) is 4.90 Å². The first-order valence-electron chi connectivity index (χ1n) is 5.56. The highest BCUT2D eigenvalue weighted by Crippen LogP contribution is 2.19. The van der Waals surface area contributed by atoms with Crippen LogP contribution in [0.1, 0.15) is 24.1 Å². The summed E-state index contributed by atoms with van der Waals surface area (Å²) < 4.78 is 36.9. The maximum Gasteiger partial charge on any atom is 0.519 e. The highest BCUT2D eigenvalue weighted by molar-refractivity contribution is 7.23. The molecule has 1 aliphatic rings. The molecule has 90 valence electrons. The predicted octanol–water partition coefficient (Wildman–Crippen LogP) is 2.79. The van der Waals surface area contributed by atoms with E-state index in [0.717, 1.165) is 29.3 Å². The van der Waals surface area contributed by atoms with E-state index in [1.807, 2.05) is 0 Å². The lowest BCUT2D eigenvalue weighted by Gasteiger charge is -2.25. The number of hydrogen-bond acceptors (Lipinski definition) is 2. The van der Waals surface area contributed by atoms with Gasteiger partial charge in [-0.2, -0.15) is 11.3 Å². The van der Waals surface area contributed by atoms with Gasteiger partial charge in [0, 0.05) is 11.4 Å². The topological polar surface area (TPSA) is 3.24 Å². The highest BCUT2D eigenvalue weighted by Gasteiger charge is 2.27. The van der Waals surface area contributed by atoms with Crippen LogP contribution < -0.4 is 4.78 Å². The largest absolute Gasteiger partial charge is 0.519 e. The monoisotopic (exact) mass is 248 g/mol. The van der Waals surface area contributed by atoms with Gasteiger partial charge in [0.15, 0.2) is 0 Å². The lowest BCUT2D eigenvalue weighted by molar-refractivity contribution is 0.222. The molecule has 1 fully saturated rings. The second-order valence-electron chi connectivity index (χ2n) is 4.22. The zero-order chi connectivity index (χ0) is 11.6. The summed E-state index contributed by atoms with van der Waals surface area (Å²) >= 11 is 0.895. The predicted molar refractivity (Wildman–Crippen MR) is 62.2 cm³/mol. The van der Waals surface area contributed by atoms with Crippen LogP contribution in [-0.2, 0) is 6.54 Å². The van der Waals surface area contributed by atoms with Crippen molar-refractivity contribution < 1.29 is 12.9 Å². The van der Waals surface area contributed by atoms with Crippen molar-refractivity contribution in [3.63, 3.8) is 0 Å². The molecule has 0 atom stereocenters. The molecule has 0 N–H and O–H groups in total. The second-order valence-corrected chi connectivity index (χ2v) is 5.42. The van der Waals surface area contributed by atoms with Crippen molar-refractivity contribution in [1.29, 1.82) is 0 Å². The van der Waals surface area contributed by atoms with E-state index in [4.69, 9.17) is 0 Å². The maximum atomic E-state index is 12.4. The number of thiophene rings is 1. The summed E-state index contributed by atoms with van der Waals surface area (Å²) in [6.07, 6.45) is 3.58. The lowest BCUT2D eigenvalue weighted by Crippen LogP contribution is -2.31. The van der Waals surface area contributed by atoms with Gasteiger partial charge in [0.25, 0.3) is 0 Å². The summed E-state index contributed by atoms with van der Waals surface area (Å²) in [5.41, 5.74) is 0. The molecule has 0 unspecified atom stereocenters. The van der Waals surface area contributed by atoms with Gasteiger partial charge in [-0.05, 0) is 32.0 Å². The van der Waals surface area contributed by atoms with Crippen molar-refractivity contribution in [2.75, 3.05) is 13.1 Å². The van der Waals surface area contributed by atoms with Crippen LogP contribution in [0.4, 0.5) is 12.9 Å². The minimum absolute atomic E-state index is 0.424. The van der Waals surface area contributed by atoms with Crippen LogP contribution in [0, 0.1) is 0 Å². The van der Waals surface area contributed by atoms with Gasteiger partial charge in [-0.25, -0.2) is 0 Å². The number of halogens is 3. The van der Waals surface area contributed by atoms with Crippen molar-refractivity contribution in [3.05, 3.63) is 17.0 Å². The van der Waals surface area contributed by atoms with Gasteiger partial charge in [0.1, 0.15) is 0 Å². The third kappa shape index (κ3) is 3.01. The van der Waals surface area contributed by atoms with E-state index in [9.17, 15) is 12.9 Å². The van der Waals surface area contributed by atoms with E-state index in [1.54, 1.807) is 6.07 Å². The summed E-state index contributed by atoms with van der Waals surface area (Å²) in [6, 6.07) is 2.83. The minimum atomic E-state index is -4.81. The fourth-order valence-corrected chi connectivity index (χ4v) is 2.95. The zero-order valence-corrected chi connectivity index (χ0v) is 9.78. The van der Waals surface area contributed by atoms with Crippen LogP contribution in [0.3, 0.4) is 0 Å². The van der Waals surface area contributed by atoms with Crippen LogP contribution >= 0.6 is 11.3 Å². The number of likely N-dealkylation sites (tertiary alicyclic amines) is 1.